The van der Waals surface area contributed by atoms with E-state index in [2.05, 4.69) is 12.2 Å². The van der Waals surface area contributed by atoms with E-state index in [1.807, 2.05) is 6.92 Å². The third kappa shape index (κ3) is 2.98. The Kier molecular flexibility index (Phi) is 4.52. The molecule has 1 N–H and O–H groups in total. The Balaban J connectivity index is 2.08. The molecule has 0 aromatic heterocycles. The van der Waals surface area contributed by atoms with Gasteiger partial charge in [0.15, 0.2) is 0 Å². The zero-order valence-electron chi connectivity index (χ0n) is 10.6. The summed E-state index contributed by atoms with van der Waals surface area (Å²) in [5.41, 5.74) is 0.768. The van der Waals surface area contributed by atoms with Gasteiger partial charge in [-0.3, -0.25) is 0 Å². The summed E-state index contributed by atoms with van der Waals surface area (Å²) in [6, 6.07) is 3.36. The SMILES string of the molecule is CC(NC(C)C1CCC1)c1cc(F)c(Cl)cc1Cl. The standard InChI is InChI=1S/C14H18Cl2FN/c1-8(10-4-3-5-10)18-9(2)11-6-14(17)13(16)7-12(11)15/h6-10,18H,3-5H2,1-2H3. The number of halogens is 3. The van der Waals surface area contributed by atoms with E-state index in [4.69, 9.17) is 23.2 Å². The summed E-state index contributed by atoms with van der Waals surface area (Å²) in [5.74, 6) is 0.324. The summed E-state index contributed by atoms with van der Waals surface area (Å²) in [4.78, 5) is 0. The van der Waals surface area contributed by atoms with Crippen molar-refractivity contribution in [3.8, 4) is 0 Å². The predicted molar refractivity (Wildman–Crippen MR) is 74.8 cm³/mol. The molecule has 1 nitrogen and oxygen atoms in total. The third-order valence-electron chi connectivity index (χ3n) is 3.88. The highest BCUT2D eigenvalue weighted by Gasteiger charge is 2.25. The molecule has 1 aromatic rings. The second kappa shape index (κ2) is 5.77. The van der Waals surface area contributed by atoms with Gasteiger partial charge in [-0.1, -0.05) is 29.6 Å². The van der Waals surface area contributed by atoms with Crippen molar-refractivity contribution in [3.05, 3.63) is 33.6 Å². The Bertz CT molecular complexity index is 432. The van der Waals surface area contributed by atoms with Gasteiger partial charge in [-0.2, -0.15) is 0 Å². The molecule has 100 valence electrons. The van der Waals surface area contributed by atoms with Gasteiger partial charge < -0.3 is 5.32 Å². The average molecular weight is 290 g/mol. The van der Waals surface area contributed by atoms with Gasteiger partial charge in [0.2, 0.25) is 0 Å². The first-order chi connectivity index (χ1) is 8.49. The van der Waals surface area contributed by atoms with Crippen molar-refractivity contribution in [1.29, 1.82) is 0 Å². The summed E-state index contributed by atoms with van der Waals surface area (Å²) in [6.45, 7) is 4.18. The minimum atomic E-state index is -0.416. The molecule has 0 aliphatic heterocycles. The van der Waals surface area contributed by atoms with Crippen LogP contribution in [-0.2, 0) is 0 Å². The molecule has 1 aliphatic carbocycles. The topological polar surface area (TPSA) is 12.0 Å². The van der Waals surface area contributed by atoms with Crippen molar-refractivity contribution in [2.75, 3.05) is 0 Å². The molecule has 1 aliphatic rings. The maximum Gasteiger partial charge on any atom is 0.142 e. The van der Waals surface area contributed by atoms with Gasteiger partial charge in [-0.15, -0.1) is 0 Å². The lowest BCUT2D eigenvalue weighted by Crippen LogP contribution is -2.38. The van der Waals surface area contributed by atoms with Crippen LogP contribution in [-0.4, -0.2) is 6.04 Å². The number of nitrogens with one attached hydrogen (secondary N) is 1. The van der Waals surface area contributed by atoms with Gasteiger partial charge in [0.05, 0.1) is 5.02 Å². The Morgan fingerprint density at radius 2 is 1.89 bits per heavy atom. The number of benzene rings is 1. The lowest BCUT2D eigenvalue weighted by Gasteiger charge is -2.34. The highest BCUT2D eigenvalue weighted by molar-refractivity contribution is 6.35. The van der Waals surface area contributed by atoms with Gasteiger partial charge in [0, 0.05) is 17.1 Å². The minimum absolute atomic E-state index is 0.0277. The van der Waals surface area contributed by atoms with E-state index in [1.54, 1.807) is 0 Å². The van der Waals surface area contributed by atoms with E-state index in [0.717, 1.165) is 11.5 Å². The van der Waals surface area contributed by atoms with Crippen LogP contribution in [0.4, 0.5) is 4.39 Å². The van der Waals surface area contributed by atoms with Crippen LogP contribution in [0.1, 0.15) is 44.7 Å². The predicted octanol–water partition coefficient (Wildman–Crippen LogP) is 4.97. The van der Waals surface area contributed by atoms with E-state index < -0.39 is 5.82 Å². The zero-order chi connectivity index (χ0) is 13.3. The first kappa shape index (κ1) is 14.1. The highest BCUT2D eigenvalue weighted by atomic mass is 35.5. The molecule has 0 spiro atoms. The molecule has 1 aromatic carbocycles. The summed E-state index contributed by atoms with van der Waals surface area (Å²) in [6.07, 6.45) is 3.88. The van der Waals surface area contributed by atoms with Crippen LogP contribution < -0.4 is 5.32 Å². The second-order valence-corrected chi connectivity index (χ2v) is 5.97. The Morgan fingerprint density at radius 1 is 1.22 bits per heavy atom. The van der Waals surface area contributed by atoms with Gasteiger partial charge >= 0.3 is 0 Å². The molecule has 1 fully saturated rings. The van der Waals surface area contributed by atoms with Crippen LogP contribution in [0.3, 0.4) is 0 Å². The molecule has 0 saturated heterocycles. The molecule has 4 heteroatoms. The molecule has 18 heavy (non-hydrogen) atoms. The molecule has 2 rings (SSSR count). The number of hydrogen-bond donors (Lipinski definition) is 1. The summed E-state index contributed by atoms with van der Waals surface area (Å²) >= 11 is 11.8. The van der Waals surface area contributed by atoms with E-state index in [-0.39, 0.29) is 11.1 Å². The molecule has 0 amide bonds. The van der Waals surface area contributed by atoms with Crippen LogP contribution in [0.5, 0.6) is 0 Å². The van der Waals surface area contributed by atoms with Crippen molar-refractivity contribution >= 4 is 23.2 Å². The number of hydrogen-bond acceptors (Lipinski definition) is 1. The average Bonchev–Trinajstić information content (AvgIpc) is 2.20. The van der Waals surface area contributed by atoms with Crippen molar-refractivity contribution in [3.63, 3.8) is 0 Å². The quantitative estimate of drug-likeness (QED) is 0.772. The molecule has 1 saturated carbocycles. The van der Waals surface area contributed by atoms with E-state index >= 15 is 0 Å². The van der Waals surface area contributed by atoms with Gasteiger partial charge in [0.1, 0.15) is 5.82 Å². The largest absolute Gasteiger partial charge is 0.307 e. The van der Waals surface area contributed by atoms with E-state index in [1.165, 1.54) is 31.4 Å². The highest BCUT2D eigenvalue weighted by Crippen LogP contribution is 2.32. The summed E-state index contributed by atoms with van der Waals surface area (Å²) in [5, 5.41) is 4.08. The molecular weight excluding hydrogens is 272 g/mol. The Hall–Kier alpha value is -0.310. The van der Waals surface area contributed by atoms with E-state index in [0.29, 0.717) is 11.1 Å². The fraction of sp³-hybridized carbons (Fsp3) is 0.571. The normalized spacial score (nSPS) is 19.4. The minimum Gasteiger partial charge on any atom is -0.307 e. The first-order valence-corrected chi connectivity index (χ1v) is 7.15. The van der Waals surface area contributed by atoms with Crippen LogP contribution in [0, 0.1) is 11.7 Å². The van der Waals surface area contributed by atoms with Crippen molar-refractivity contribution in [1.82, 2.24) is 5.32 Å². The molecule has 2 unspecified atom stereocenters. The fourth-order valence-electron chi connectivity index (χ4n) is 2.43. The number of rotatable bonds is 4. The summed E-state index contributed by atoms with van der Waals surface area (Å²) < 4.78 is 13.5. The smallest absolute Gasteiger partial charge is 0.142 e. The molecule has 0 heterocycles. The van der Waals surface area contributed by atoms with E-state index in [9.17, 15) is 4.39 Å². The van der Waals surface area contributed by atoms with Crippen LogP contribution in [0.25, 0.3) is 0 Å². The lowest BCUT2D eigenvalue weighted by molar-refractivity contribution is 0.229. The van der Waals surface area contributed by atoms with Crippen molar-refractivity contribution in [2.45, 2.75) is 45.2 Å². The van der Waals surface area contributed by atoms with Gasteiger partial charge in [0.25, 0.3) is 0 Å². The zero-order valence-corrected chi connectivity index (χ0v) is 12.2. The Labute approximate surface area is 118 Å². The fourth-order valence-corrected chi connectivity index (χ4v) is 2.98. The van der Waals surface area contributed by atoms with Gasteiger partial charge in [-0.25, -0.2) is 4.39 Å². The van der Waals surface area contributed by atoms with Crippen LogP contribution in [0.2, 0.25) is 10.0 Å². The first-order valence-electron chi connectivity index (χ1n) is 6.39. The molecule has 2 atom stereocenters. The van der Waals surface area contributed by atoms with Gasteiger partial charge in [-0.05, 0) is 50.3 Å². The monoisotopic (exact) mass is 289 g/mol. The van der Waals surface area contributed by atoms with Crippen molar-refractivity contribution < 1.29 is 4.39 Å². The lowest BCUT2D eigenvalue weighted by atomic mass is 9.80. The molecular formula is C14H18Cl2FN. The maximum atomic E-state index is 13.5. The summed E-state index contributed by atoms with van der Waals surface area (Å²) in [7, 11) is 0. The second-order valence-electron chi connectivity index (χ2n) is 5.16. The van der Waals surface area contributed by atoms with Crippen LogP contribution in [0.15, 0.2) is 12.1 Å². The molecule has 0 radical (unpaired) electrons. The Morgan fingerprint density at radius 3 is 2.44 bits per heavy atom. The maximum absolute atomic E-state index is 13.5. The molecule has 0 bridgehead atoms. The van der Waals surface area contributed by atoms with Crippen LogP contribution >= 0.6 is 23.2 Å². The van der Waals surface area contributed by atoms with Crippen molar-refractivity contribution in [2.24, 2.45) is 5.92 Å². The third-order valence-corrected chi connectivity index (χ3v) is 4.49.